The fraction of sp³-hybridized carbons (Fsp3) is 0.273. The Kier molecular flexibility index (Phi) is 4.91. The maximum absolute atomic E-state index is 12.5. The minimum Gasteiger partial charge on any atom is -0.477 e. The smallest absolute Gasteiger partial charge is 0.266 e. The molecule has 3 N–H and O–H groups in total. The van der Waals surface area contributed by atoms with Gasteiger partial charge in [-0.2, -0.15) is 0 Å². The zero-order valence-corrected chi connectivity index (χ0v) is 17.0. The molecular weight excluding hydrogens is 370 g/mol. The predicted molar refractivity (Wildman–Crippen MR) is 117 cm³/mol. The van der Waals surface area contributed by atoms with Crippen LogP contribution in [-0.4, -0.2) is 23.1 Å². The van der Waals surface area contributed by atoms with Gasteiger partial charge in [-0.1, -0.05) is 31.2 Å². The molecule has 0 saturated carbocycles. The minimum atomic E-state index is -0.0790. The Labute approximate surface area is 167 Å². The largest absolute Gasteiger partial charge is 0.477 e. The second-order valence-corrected chi connectivity index (χ2v) is 7.85. The quantitative estimate of drug-likeness (QED) is 0.520. The van der Waals surface area contributed by atoms with Crippen LogP contribution < -0.4 is 16.0 Å². The predicted octanol–water partition coefficient (Wildman–Crippen LogP) is 4.57. The molecule has 4 aromatic rings. The number of aryl methyl sites for hydroxylation is 1. The number of H-pyrrole nitrogens is 1. The topological polar surface area (TPSA) is 81.0 Å². The fourth-order valence-corrected chi connectivity index (χ4v) is 4.37. The molecule has 28 heavy (non-hydrogen) atoms. The molecule has 1 aromatic carbocycles. The third-order valence-electron chi connectivity index (χ3n) is 5.13. The highest BCUT2D eigenvalue weighted by Crippen LogP contribution is 2.40. The summed E-state index contributed by atoms with van der Waals surface area (Å²) < 4.78 is 6.63. The number of rotatable bonds is 5. The molecule has 4 rings (SSSR count). The number of nitrogens with one attached hydrogen (secondary N) is 1. The van der Waals surface area contributed by atoms with Crippen molar-refractivity contribution in [2.45, 2.75) is 26.7 Å². The number of aromatic nitrogens is 2. The van der Waals surface area contributed by atoms with E-state index in [-0.39, 0.29) is 5.56 Å². The Hall–Kier alpha value is -2.70. The first-order valence-corrected chi connectivity index (χ1v) is 10.3. The molecule has 5 nitrogen and oxygen atoms in total. The van der Waals surface area contributed by atoms with Gasteiger partial charge in [0.15, 0.2) is 0 Å². The van der Waals surface area contributed by atoms with Gasteiger partial charge in [-0.15, -0.1) is 11.3 Å². The van der Waals surface area contributed by atoms with Crippen molar-refractivity contribution in [3.05, 3.63) is 57.3 Å². The normalized spacial score (nSPS) is 12.6. The van der Waals surface area contributed by atoms with Crippen molar-refractivity contribution < 1.29 is 4.74 Å². The molecule has 0 radical (unpaired) electrons. The lowest BCUT2D eigenvalue weighted by molar-refractivity contribution is 0.328. The van der Waals surface area contributed by atoms with Crippen LogP contribution in [0.25, 0.3) is 32.1 Å². The molecule has 6 heteroatoms. The van der Waals surface area contributed by atoms with Crippen LogP contribution in [0.2, 0.25) is 0 Å². The highest BCUT2D eigenvalue weighted by atomic mass is 32.1. The van der Waals surface area contributed by atoms with Crippen molar-refractivity contribution in [1.29, 1.82) is 0 Å². The van der Waals surface area contributed by atoms with Crippen molar-refractivity contribution in [3.8, 4) is 17.0 Å². The van der Waals surface area contributed by atoms with Gasteiger partial charge in [0.05, 0.1) is 23.4 Å². The average molecular weight is 394 g/mol. The summed E-state index contributed by atoms with van der Waals surface area (Å²) >= 11 is 1.45. The SMILES string of the molecule is CCOc1nc(C)c2[nH]c(=O)c3sccc3c2c1-c1ccc(C(C)CN)cc1. The van der Waals surface area contributed by atoms with Crippen molar-refractivity contribution >= 4 is 32.3 Å². The summed E-state index contributed by atoms with van der Waals surface area (Å²) in [6.07, 6.45) is 0. The van der Waals surface area contributed by atoms with Gasteiger partial charge < -0.3 is 15.5 Å². The minimum absolute atomic E-state index is 0.0790. The number of hydrogen-bond donors (Lipinski definition) is 2. The van der Waals surface area contributed by atoms with E-state index in [1.807, 2.05) is 25.3 Å². The Morgan fingerprint density at radius 2 is 2.00 bits per heavy atom. The summed E-state index contributed by atoms with van der Waals surface area (Å²) in [7, 11) is 0. The summed E-state index contributed by atoms with van der Waals surface area (Å²) in [4.78, 5) is 20.2. The molecule has 1 atom stereocenters. The van der Waals surface area contributed by atoms with Gasteiger partial charge >= 0.3 is 0 Å². The monoisotopic (exact) mass is 393 g/mol. The van der Waals surface area contributed by atoms with E-state index in [0.717, 1.165) is 37.8 Å². The maximum atomic E-state index is 12.5. The molecule has 0 fully saturated rings. The van der Waals surface area contributed by atoms with Crippen LogP contribution in [0.15, 0.2) is 40.5 Å². The lowest BCUT2D eigenvalue weighted by atomic mass is 9.95. The number of fused-ring (bicyclic) bond motifs is 3. The molecule has 3 heterocycles. The van der Waals surface area contributed by atoms with E-state index in [1.54, 1.807) is 0 Å². The lowest BCUT2D eigenvalue weighted by Crippen LogP contribution is -2.09. The third kappa shape index (κ3) is 2.99. The molecule has 144 valence electrons. The van der Waals surface area contributed by atoms with Gasteiger partial charge in [-0.05, 0) is 48.9 Å². The zero-order valence-electron chi connectivity index (χ0n) is 16.2. The Balaban J connectivity index is 2.08. The molecule has 0 amide bonds. The summed E-state index contributed by atoms with van der Waals surface area (Å²) in [5.41, 5.74) is 10.4. The summed E-state index contributed by atoms with van der Waals surface area (Å²) in [6.45, 7) is 7.08. The Morgan fingerprint density at radius 3 is 2.68 bits per heavy atom. The first-order valence-electron chi connectivity index (χ1n) is 9.42. The van der Waals surface area contributed by atoms with Crippen molar-refractivity contribution in [2.75, 3.05) is 13.2 Å². The van der Waals surface area contributed by atoms with Crippen LogP contribution >= 0.6 is 11.3 Å². The van der Waals surface area contributed by atoms with E-state index in [2.05, 4.69) is 41.2 Å². The number of pyridine rings is 2. The van der Waals surface area contributed by atoms with Crippen LogP contribution in [0.3, 0.4) is 0 Å². The number of nitrogens with zero attached hydrogens (tertiary/aromatic N) is 1. The second kappa shape index (κ2) is 7.37. The molecular formula is C22H23N3O2S. The molecule has 0 bridgehead atoms. The number of nitrogens with two attached hydrogens (primary N) is 1. The highest BCUT2D eigenvalue weighted by Gasteiger charge is 2.20. The van der Waals surface area contributed by atoms with Gasteiger partial charge in [0, 0.05) is 10.8 Å². The van der Waals surface area contributed by atoms with Crippen LogP contribution in [0, 0.1) is 6.92 Å². The average Bonchev–Trinajstić information content (AvgIpc) is 3.20. The highest BCUT2D eigenvalue weighted by molar-refractivity contribution is 7.17. The zero-order chi connectivity index (χ0) is 19.8. The van der Waals surface area contributed by atoms with E-state index in [1.165, 1.54) is 16.9 Å². The van der Waals surface area contributed by atoms with E-state index in [9.17, 15) is 4.79 Å². The maximum Gasteiger partial charge on any atom is 0.266 e. The molecule has 0 spiro atoms. The summed E-state index contributed by atoms with van der Waals surface area (Å²) in [5.74, 6) is 0.889. The molecule has 3 aromatic heterocycles. The molecule has 1 unspecified atom stereocenters. The van der Waals surface area contributed by atoms with Crippen molar-refractivity contribution in [1.82, 2.24) is 9.97 Å². The van der Waals surface area contributed by atoms with Crippen molar-refractivity contribution in [2.24, 2.45) is 5.73 Å². The van der Waals surface area contributed by atoms with Crippen molar-refractivity contribution in [3.63, 3.8) is 0 Å². The molecule has 0 aliphatic carbocycles. The Bertz CT molecular complexity index is 1210. The van der Waals surface area contributed by atoms with E-state index < -0.39 is 0 Å². The first-order chi connectivity index (χ1) is 13.5. The van der Waals surface area contributed by atoms with Gasteiger partial charge in [0.25, 0.3) is 5.56 Å². The van der Waals surface area contributed by atoms with E-state index in [0.29, 0.717) is 24.9 Å². The number of thiophene rings is 1. The summed E-state index contributed by atoms with van der Waals surface area (Å²) in [6, 6.07) is 10.4. The standard InChI is InChI=1S/C22H23N3O2S/c1-4-27-22-17(15-7-5-14(6-8-15)12(2)11-23)18-16-9-10-28-20(16)21(26)25-19(18)13(3)24-22/h5-10,12H,4,11,23H2,1-3H3,(H,25,26). The van der Waals surface area contributed by atoms with E-state index in [4.69, 9.17) is 10.5 Å². The second-order valence-electron chi connectivity index (χ2n) is 6.94. The number of ether oxygens (including phenoxy) is 1. The van der Waals surface area contributed by atoms with Gasteiger partial charge in [-0.25, -0.2) is 4.98 Å². The number of aromatic amines is 1. The Morgan fingerprint density at radius 1 is 1.25 bits per heavy atom. The summed E-state index contributed by atoms with van der Waals surface area (Å²) in [5, 5.41) is 3.86. The van der Waals surface area contributed by atoms with Gasteiger partial charge in [0.2, 0.25) is 5.88 Å². The van der Waals surface area contributed by atoms with Crippen LogP contribution in [0.5, 0.6) is 5.88 Å². The molecule has 0 aliphatic heterocycles. The van der Waals surface area contributed by atoms with Crippen LogP contribution in [0.4, 0.5) is 0 Å². The van der Waals surface area contributed by atoms with Crippen LogP contribution in [0.1, 0.15) is 31.0 Å². The third-order valence-corrected chi connectivity index (χ3v) is 6.04. The fourth-order valence-electron chi connectivity index (χ4n) is 3.57. The number of benzene rings is 1. The van der Waals surface area contributed by atoms with Gasteiger partial charge in [-0.3, -0.25) is 4.79 Å². The van der Waals surface area contributed by atoms with E-state index >= 15 is 0 Å². The molecule has 0 aliphatic rings. The first kappa shape index (κ1) is 18.7. The molecule has 0 saturated heterocycles. The number of hydrogen-bond acceptors (Lipinski definition) is 5. The van der Waals surface area contributed by atoms with Crippen LogP contribution in [-0.2, 0) is 0 Å². The lowest BCUT2D eigenvalue weighted by Gasteiger charge is -2.16. The van der Waals surface area contributed by atoms with Gasteiger partial charge in [0.1, 0.15) is 4.70 Å².